The second kappa shape index (κ2) is 5.78. The molecule has 3 saturated carbocycles. The molecule has 0 aliphatic heterocycles. The second-order valence-electron chi connectivity index (χ2n) is 9.91. The molecule has 0 radical (unpaired) electrons. The molecule has 0 bridgehead atoms. The molecular formula is C22H31BrO2. The van der Waals surface area contributed by atoms with Gasteiger partial charge in [-0.3, -0.25) is 4.79 Å². The lowest BCUT2D eigenvalue weighted by atomic mass is 9.46. The summed E-state index contributed by atoms with van der Waals surface area (Å²) in [6.07, 6.45) is 12.2. The zero-order valence-corrected chi connectivity index (χ0v) is 17.4. The molecule has 0 aromatic heterocycles. The molecule has 4 aliphatic carbocycles. The van der Waals surface area contributed by atoms with E-state index in [1.807, 2.05) is 6.08 Å². The predicted octanol–water partition coefficient (Wildman–Crippen LogP) is 5.49. The van der Waals surface area contributed by atoms with Gasteiger partial charge in [-0.15, -0.1) is 0 Å². The summed E-state index contributed by atoms with van der Waals surface area (Å²) in [6.45, 7) is 6.98. The van der Waals surface area contributed by atoms with Gasteiger partial charge in [0, 0.05) is 6.42 Å². The van der Waals surface area contributed by atoms with E-state index in [-0.39, 0.29) is 15.2 Å². The van der Waals surface area contributed by atoms with Crippen LogP contribution in [0.2, 0.25) is 0 Å². The molecule has 7 atom stereocenters. The van der Waals surface area contributed by atoms with E-state index in [9.17, 15) is 9.59 Å². The number of alkyl halides is 1. The number of halogens is 1. The molecular weight excluding hydrogens is 376 g/mol. The highest BCUT2D eigenvalue weighted by Crippen LogP contribution is 2.68. The van der Waals surface area contributed by atoms with Crippen molar-refractivity contribution in [2.45, 2.75) is 76.5 Å². The normalized spacial score (nSPS) is 48.6. The van der Waals surface area contributed by atoms with Crippen LogP contribution in [0.3, 0.4) is 0 Å². The van der Waals surface area contributed by atoms with E-state index in [2.05, 4.69) is 36.7 Å². The zero-order valence-electron chi connectivity index (χ0n) is 15.8. The van der Waals surface area contributed by atoms with Gasteiger partial charge in [-0.05, 0) is 92.4 Å². The molecule has 3 fully saturated rings. The summed E-state index contributed by atoms with van der Waals surface area (Å²) in [7, 11) is 0. The van der Waals surface area contributed by atoms with E-state index < -0.39 is 0 Å². The quantitative estimate of drug-likeness (QED) is 0.448. The molecule has 0 saturated heterocycles. The van der Waals surface area contributed by atoms with Gasteiger partial charge in [-0.25, -0.2) is 0 Å². The van der Waals surface area contributed by atoms with Crippen LogP contribution in [-0.4, -0.2) is 16.4 Å². The lowest BCUT2D eigenvalue weighted by Crippen LogP contribution is -2.52. The van der Waals surface area contributed by atoms with E-state index in [4.69, 9.17) is 0 Å². The van der Waals surface area contributed by atoms with Gasteiger partial charge in [-0.1, -0.05) is 35.4 Å². The van der Waals surface area contributed by atoms with Crippen molar-refractivity contribution in [2.24, 2.45) is 34.5 Å². The second-order valence-corrected chi connectivity index (χ2v) is 11.6. The fraction of sp³-hybridized carbons (Fsp3) is 0.818. The minimum Gasteiger partial charge on any atom is -0.302 e. The van der Waals surface area contributed by atoms with Crippen molar-refractivity contribution in [1.82, 2.24) is 0 Å². The molecule has 138 valence electrons. The number of aldehydes is 1. The highest BCUT2D eigenvalue weighted by Gasteiger charge is 2.61. The molecule has 0 aromatic rings. The Morgan fingerprint density at radius 3 is 2.60 bits per heavy atom. The van der Waals surface area contributed by atoms with Gasteiger partial charge in [-0.2, -0.15) is 0 Å². The van der Waals surface area contributed by atoms with Gasteiger partial charge in [0.15, 0.2) is 5.78 Å². The molecule has 0 amide bonds. The topological polar surface area (TPSA) is 34.1 Å². The Morgan fingerprint density at radius 2 is 1.88 bits per heavy atom. The Bertz CT molecular complexity index is 636. The third-order valence-electron chi connectivity index (χ3n) is 8.87. The van der Waals surface area contributed by atoms with Crippen LogP contribution < -0.4 is 0 Å². The average molecular weight is 407 g/mol. The van der Waals surface area contributed by atoms with Gasteiger partial charge in [0.1, 0.15) is 6.29 Å². The van der Waals surface area contributed by atoms with Crippen molar-refractivity contribution in [3.8, 4) is 0 Å². The van der Waals surface area contributed by atoms with Crippen LogP contribution in [0.1, 0.15) is 72.1 Å². The molecule has 0 unspecified atom stereocenters. The number of fused-ring (bicyclic) bond motifs is 5. The molecule has 25 heavy (non-hydrogen) atoms. The summed E-state index contributed by atoms with van der Waals surface area (Å²) in [5.74, 6) is 3.03. The molecule has 0 spiro atoms. The van der Waals surface area contributed by atoms with Crippen molar-refractivity contribution in [3.63, 3.8) is 0 Å². The number of hydrogen-bond acceptors (Lipinski definition) is 2. The summed E-state index contributed by atoms with van der Waals surface area (Å²) in [5, 5.41) is 0. The Balaban J connectivity index is 1.66. The molecule has 3 heteroatoms. The van der Waals surface area contributed by atoms with Gasteiger partial charge >= 0.3 is 0 Å². The van der Waals surface area contributed by atoms with E-state index in [0.29, 0.717) is 11.7 Å². The first-order chi connectivity index (χ1) is 11.7. The molecule has 0 N–H and O–H groups in total. The maximum atomic E-state index is 11.9. The standard InChI is InChI=1S/C22H31BrO2/c1-20-10-8-15(25)12-14(20)4-5-16-17-6-7-19(22(3,23)13-24)21(17,2)11-9-18(16)20/h12-13,16-19H,4-11H2,1-3H3/t16-,17-,18-,19-,20+,21+,22+/m1/s1. The summed E-state index contributed by atoms with van der Waals surface area (Å²) >= 11 is 3.75. The van der Waals surface area contributed by atoms with Crippen LogP contribution in [0.5, 0.6) is 0 Å². The summed E-state index contributed by atoms with van der Waals surface area (Å²) in [5.41, 5.74) is 1.97. The highest BCUT2D eigenvalue weighted by molar-refractivity contribution is 9.10. The minimum atomic E-state index is -0.385. The van der Waals surface area contributed by atoms with E-state index in [1.165, 1.54) is 37.7 Å². The lowest BCUT2D eigenvalue weighted by Gasteiger charge is -2.58. The fourth-order valence-electron chi connectivity index (χ4n) is 7.57. The lowest BCUT2D eigenvalue weighted by molar-refractivity contribution is -0.117. The first kappa shape index (κ1) is 17.9. The Hall–Kier alpha value is -0.440. The number of hydrogen-bond donors (Lipinski definition) is 0. The number of rotatable bonds is 2. The summed E-state index contributed by atoms with van der Waals surface area (Å²) < 4.78 is -0.385. The van der Waals surface area contributed by atoms with E-state index in [1.54, 1.807) is 0 Å². The largest absolute Gasteiger partial charge is 0.302 e. The summed E-state index contributed by atoms with van der Waals surface area (Å²) in [6, 6.07) is 0. The van der Waals surface area contributed by atoms with Crippen molar-refractivity contribution in [1.29, 1.82) is 0 Å². The molecule has 4 rings (SSSR count). The van der Waals surface area contributed by atoms with Gasteiger partial charge in [0.2, 0.25) is 0 Å². The van der Waals surface area contributed by atoms with Crippen LogP contribution >= 0.6 is 15.9 Å². The van der Waals surface area contributed by atoms with Crippen molar-refractivity contribution in [3.05, 3.63) is 11.6 Å². The van der Waals surface area contributed by atoms with Gasteiger partial charge in [0.05, 0.1) is 4.32 Å². The first-order valence-corrected chi connectivity index (χ1v) is 10.9. The number of carbonyl (C=O) groups is 2. The molecule has 4 aliphatic rings. The monoisotopic (exact) mass is 406 g/mol. The Kier molecular flexibility index (Phi) is 4.15. The van der Waals surface area contributed by atoms with Crippen LogP contribution in [0, 0.1) is 34.5 Å². The van der Waals surface area contributed by atoms with Crippen molar-refractivity contribution >= 4 is 28.0 Å². The molecule has 0 heterocycles. The maximum Gasteiger partial charge on any atom is 0.155 e. The van der Waals surface area contributed by atoms with Crippen molar-refractivity contribution < 1.29 is 9.59 Å². The van der Waals surface area contributed by atoms with E-state index in [0.717, 1.165) is 43.3 Å². The van der Waals surface area contributed by atoms with Crippen LogP contribution in [0.4, 0.5) is 0 Å². The Labute approximate surface area is 160 Å². The number of carbonyl (C=O) groups excluding carboxylic acids is 2. The third-order valence-corrected chi connectivity index (χ3v) is 9.61. The van der Waals surface area contributed by atoms with Crippen LogP contribution in [0.15, 0.2) is 11.6 Å². The molecule has 2 nitrogen and oxygen atoms in total. The van der Waals surface area contributed by atoms with E-state index >= 15 is 0 Å². The predicted molar refractivity (Wildman–Crippen MR) is 104 cm³/mol. The van der Waals surface area contributed by atoms with Gasteiger partial charge < -0.3 is 4.79 Å². The van der Waals surface area contributed by atoms with Crippen LogP contribution in [0.25, 0.3) is 0 Å². The minimum absolute atomic E-state index is 0.249. The smallest absolute Gasteiger partial charge is 0.155 e. The van der Waals surface area contributed by atoms with Crippen molar-refractivity contribution in [2.75, 3.05) is 0 Å². The average Bonchev–Trinajstić information content (AvgIpc) is 2.93. The zero-order chi connectivity index (χ0) is 18.0. The SMILES string of the molecule is C[C@]12CC[C@@H]3[C@H](CCC4=CC(=O)CC[C@@]43C)[C@H]1CC[C@H]2[C@@](C)(Br)C=O. The molecule has 0 aromatic carbocycles. The third kappa shape index (κ3) is 2.47. The first-order valence-electron chi connectivity index (χ1n) is 10.1. The Morgan fingerprint density at radius 1 is 1.12 bits per heavy atom. The fourth-order valence-corrected chi connectivity index (χ4v) is 8.32. The summed E-state index contributed by atoms with van der Waals surface area (Å²) in [4.78, 5) is 23.6. The number of ketones is 1. The van der Waals surface area contributed by atoms with Crippen LogP contribution in [-0.2, 0) is 9.59 Å². The highest BCUT2D eigenvalue weighted by atomic mass is 79.9. The van der Waals surface area contributed by atoms with Gasteiger partial charge in [0.25, 0.3) is 0 Å². The number of allylic oxidation sites excluding steroid dienone is 1. The maximum absolute atomic E-state index is 11.9.